The highest BCUT2D eigenvalue weighted by Gasteiger charge is 2.35. The van der Waals surface area contributed by atoms with E-state index in [2.05, 4.69) is 10.4 Å². The van der Waals surface area contributed by atoms with E-state index >= 15 is 0 Å². The Bertz CT molecular complexity index is 1290. The molecular weight excluding hydrogens is 498 g/mol. The molecule has 0 saturated heterocycles. The molecule has 1 amide bonds. The molecule has 1 atom stereocenters. The van der Waals surface area contributed by atoms with E-state index in [1.54, 1.807) is 0 Å². The first-order valence-electron chi connectivity index (χ1n) is 10.2. The summed E-state index contributed by atoms with van der Waals surface area (Å²) >= 11 is 0. The summed E-state index contributed by atoms with van der Waals surface area (Å²) in [6.45, 7) is 2.60. The van der Waals surface area contributed by atoms with E-state index in [1.807, 2.05) is 0 Å². The second-order valence-corrected chi connectivity index (χ2v) is 7.84. The van der Waals surface area contributed by atoms with E-state index < -0.39 is 46.0 Å². The standard InChI is InChI=1S/C22H18F6N4O4/c1-12(11-31-13(2)6-19(30-31)22(26,27)28)20(33)29-15-8-16(32(34)35)10-18(9-15)36-17-5-3-4-14(7-17)21(23,24)25/h3-10,12H,11H2,1-2H3,(H,29,33). The van der Waals surface area contributed by atoms with Crippen LogP contribution in [0.25, 0.3) is 0 Å². The van der Waals surface area contributed by atoms with Crippen LogP contribution in [0.15, 0.2) is 48.5 Å². The summed E-state index contributed by atoms with van der Waals surface area (Å²) in [6, 6.07) is 7.82. The van der Waals surface area contributed by atoms with Gasteiger partial charge in [0.15, 0.2) is 5.69 Å². The Kier molecular flexibility index (Phi) is 7.27. The van der Waals surface area contributed by atoms with Gasteiger partial charge in [-0.2, -0.15) is 31.4 Å². The second kappa shape index (κ2) is 9.87. The Morgan fingerprint density at radius 1 is 1.08 bits per heavy atom. The highest BCUT2D eigenvalue weighted by atomic mass is 19.4. The highest BCUT2D eigenvalue weighted by molar-refractivity contribution is 5.92. The number of carbonyl (C=O) groups excluding carboxylic acids is 1. The minimum Gasteiger partial charge on any atom is -0.457 e. The fourth-order valence-electron chi connectivity index (χ4n) is 3.13. The SMILES string of the molecule is Cc1cc(C(F)(F)F)nn1CC(C)C(=O)Nc1cc(Oc2cccc(C(F)(F)F)c2)cc([N+](=O)[O-])c1. The van der Waals surface area contributed by atoms with E-state index in [0.29, 0.717) is 6.07 Å². The summed E-state index contributed by atoms with van der Waals surface area (Å²) in [4.78, 5) is 23.1. The molecular formula is C22H18F6N4O4. The van der Waals surface area contributed by atoms with Crippen molar-refractivity contribution < 1.29 is 40.8 Å². The van der Waals surface area contributed by atoms with Gasteiger partial charge in [0.1, 0.15) is 11.5 Å². The molecule has 0 fully saturated rings. The molecule has 0 aliphatic heterocycles. The lowest BCUT2D eigenvalue weighted by Gasteiger charge is -2.15. The van der Waals surface area contributed by atoms with Crippen LogP contribution in [0.5, 0.6) is 11.5 Å². The largest absolute Gasteiger partial charge is 0.457 e. The fourth-order valence-corrected chi connectivity index (χ4v) is 3.13. The first-order chi connectivity index (χ1) is 16.6. The van der Waals surface area contributed by atoms with Crippen molar-refractivity contribution in [2.45, 2.75) is 32.7 Å². The predicted octanol–water partition coefficient (Wildman–Crippen LogP) is 6.20. The molecule has 0 saturated carbocycles. The number of anilines is 1. The van der Waals surface area contributed by atoms with Crippen molar-refractivity contribution in [3.05, 3.63) is 75.6 Å². The molecule has 2 aromatic carbocycles. The lowest BCUT2D eigenvalue weighted by Crippen LogP contribution is -2.25. The zero-order valence-electron chi connectivity index (χ0n) is 18.6. The maximum Gasteiger partial charge on any atom is 0.435 e. The average Bonchev–Trinajstić information content (AvgIpc) is 3.13. The second-order valence-electron chi connectivity index (χ2n) is 7.84. The highest BCUT2D eigenvalue weighted by Crippen LogP contribution is 2.34. The molecule has 1 N–H and O–H groups in total. The third-order valence-corrected chi connectivity index (χ3v) is 4.93. The Labute approximate surface area is 199 Å². The number of alkyl halides is 6. The van der Waals surface area contributed by atoms with Gasteiger partial charge >= 0.3 is 12.4 Å². The Balaban J connectivity index is 1.79. The van der Waals surface area contributed by atoms with E-state index in [-0.39, 0.29) is 29.4 Å². The Morgan fingerprint density at radius 3 is 2.36 bits per heavy atom. The molecule has 8 nitrogen and oxygen atoms in total. The summed E-state index contributed by atoms with van der Waals surface area (Å²) in [6.07, 6.45) is -9.29. The van der Waals surface area contributed by atoms with Crippen molar-refractivity contribution in [3.8, 4) is 11.5 Å². The first-order valence-corrected chi connectivity index (χ1v) is 10.2. The number of hydrogen-bond acceptors (Lipinski definition) is 5. The molecule has 1 aromatic heterocycles. The molecule has 0 radical (unpaired) electrons. The van der Waals surface area contributed by atoms with Crippen molar-refractivity contribution in [3.63, 3.8) is 0 Å². The summed E-state index contributed by atoms with van der Waals surface area (Å²) < 4.78 is 83.8. The monoisotopic (exact) mass is 516 g/mol. The maximum atomic E-state index is 12.9. The van der Waals surface area contributed by atoms with Gasteiger partial charge in [-0.05, 0) is 31.2 Å². The van der Waals surface area contributed by atoms with Crippen LogP contribution in [0.3, 0.4) is 0 Å². The molecule has 3 aromatic rings. The van der Waals surface area contributed by atoms with Gasteiger partial charge < -0.3 is 10.1 Å². The van der Waals surface area contributed by atoms with Gasteiger partial charge in [0.05, 0.1) is 34.7 Å². The van der Waals surface area contributed by atoms with Crippen LogP contribution >= 0.6 is 0 Å². The number of amides is 1. The van der Waals surface area contributed by atoms with Crippen molar-refractivity contribution in [2.24, 2.45) is 5.92 Å². The van der Waals surface area contributed by atoms with Gasteiger partial charge in [-0.3, -0.25) is 19.6 Å². The quantitative estimate of drug-likeness (QED) is 0.229. The van der Waals surface area contributed by atoms with E-state index in [0.717, 1.165) is 35.0 Å². The molecule has 192 valence electrons. The van der Waals surface area contributed by atoms with E-state index in [9.17, 15) is 41.3 Å². The minimum atomic E-state index is -4.65. The number of non-ortho nitro benzene ring substituents is 1. The number of aromatic nitrogens is 2. The number of carbonyl (C=O) groups is 1. The van der Waals surface area contributed by atoms with Crippen LogP contribution < -0.4 is 10.1 Å². The summed E-state index contributed by atoms with van der Waals surface area (Å²) in [7, 11) is 0. The first kappa shape index (κ1) is 26.5. The molecule has 0 bridgehead atoms. The summed E-state index contributed by atoms with van der Waals surface area (Å²) in [5.74, 6) is -2.06. The number of nitrogens with zero attached hydrogens (tertiary/aromatic N) is 3. The molecule has 14 heteroatoms. The zero-order chi connectivity index (χ0) is 26.8. The van der Waals surface area contributed by atoms with Gasteiger partial charge in [-0.25, -0.2) is 0 Å². The number of rotatable bonds is 7. The topological polar surface area (TPSA) is 99.3 Å². The predicted molar refractivity (Wildman–Crippen MR) is 114 cm³/mol. The molecule has 1 unspecified atom stereocenters. The van der Waals surface area contributed by atoms with Crippen LogP contribution in [0.4, 0.5) is 37.7 Å². The van der Waals surface area contributed by atoms with Gasteiger partial charge in [-0.1, -0.05) is 13.0 Å². The van der Waals surface area contributed by atoms with Crippen LogP contribution in [-0.4, -0.2) is 20.6 Å². The van der Waals surface area contributed by atoms with Crippen LogP contribution in [0.2, 0.25) is 0 Å². The molecule has 0 aliphatic rings. The van der Waals surface area contributed by atoms with Crippen molar-refractivity contribution in [1.29, 1.82) is 0 Å². The normalized spacial score (nSPS) is 12.8. The van der Waals surface area contributed by atoms with Crippen molar-refractivity contribution >= 4 is 17.3 Å². The Morgan fingerprint density at radius 2 is 1.78 bits per heavy atom. The molecule has 0 spiro atoms. The third-order valence-electron chi connectivity index (χ3n) is 4.93. The Hall–Kier alpha value is -4.10. The van der Waals surface area contributed by atoms with Crippen LogP contribution in [-0.2, 0) is 23.7 Å². The summed E-state index contributed by atoms with van der Waals surface area (Å²) in [5.41, 5.74) is -2.54. The number of benzene rings is 2. The fraction of sp³-hybridized carbons (Fsp3) is 0.273. The average molecular weight is 516 g/mol. The van der Waals surface area contributed by atoms with Crippen LogP contribution in [0.1, 0.15) is 23.9 Å². The van der Waals surface area contributed by atoms with Gasteiger partial charge in [0.2, 0.25) is 5.91 Å². The number of ether oxygens (including phenoxy) is 1. The van der Waals surface area contributed by atoms with E-state index in [1.165, 1.54) is 26.0 Å². The molecule has 1 heterocycles. The molecule has 36 heavy (non-hydrogen) atoms. The lowest BCUT2D eigenvalue weighted by atomic mass is 10.1. The number of nitro groups is 1. The maximum absolute atomic E-state index is 12.9. The smallest absolute Gasteiger partial charge is 0.435 e. The molecule has 0 aliphatic carbocycles. The van der Waals surface area contributed by atoms with Crippen molar-refractivity contribution in [2.75, 3.05) is 5.32 Å². The summed E-state index contributed by atoms with van der Waals surface area (Å²) in [5, 5.41) is 17.2. The van der Waals surface area contributed by atoms with Gasteiger partial charge in [-0.15, -0.1) is 0 Å². The van der Waals surface area contributed by atoms with Gasteiger partial charge in [0, 0.05) is 17.8 Å². The van der Waals surface area contributed by atoms with E-state index in [4.69, 9.17) is 4.74 Å². The number of nitro benzene ring substituents is 1. The lowest BCUT2D eigenvalue weighted by molar-refractivity contribution is -0.384. The minimum absolute atomic E-state index is 0.101. The number of hydrogen-bond donors (Lipinski definition) is 1. The molecule has 3 rings (SSSR count). The van der Waals surface area contributed by atoms with Crippen molar-refractivity contribution in [1.82, 2.24) is 9.78 Å². The zero-order valence-corrected chi connectivity index (χ0v) is 18.6. The number of aryl methyl sites for hydroxylation is 1. The number of nitrogens with one attached hydrogen (secondary N) is 1. The van der Waals surface area contributed by atoms with Crippen LogP contribution in [0, 0.1) is 23.0 Å². The third kappa shape index (κ3) is 6.52. The van der Waals surface area contributed by atoms with Gasteiger partial charge in [0.25, 0.3) is 5.69 Å². The number of halogens is 6.